The maximum absolute atomic E-state index is 10.8. The third-order valence-corrected chi connectivity index (χ3v) is 2.34. The van der Waals surface area contributed by atoms with E-state index in [0.29, 0.717) is 6.54 Å². The number of ether oxygens (including phenoxy) is 1. The fraction of sp³-hybridized carbons (Fsp3) is 0.455. The number of hydrogen-bond acceptors (Lipinski definition) is 5. The van der Waals surface area contributed by atoms with Gasteiger partial charge in [0.1, 0.15) is 0 Å². The number of unbranched alkanes of at least 4 members (excludes halogenated alkanes) is 1. The molecule has 6 nitrogen and oxygen atoms in total. The molecule has 94 valence electrons. The van der Waals surface area contributed by atoms with Crippen molar-refractivity contribution < 1.29 is 9.66 Å². The molecule has 0 heterocycles. The van der Waals surface area contributed by atoms with Crippen LogP contribution in [0.1, 0.15) is 12.8 Å². The highest BCUT2D eigenvalue weighted by atomic mass is 16.6. The van der Waals surface area contributed by atoms with Crippen LogP contribution < -0.4 is 15.8 Å². The molecule has 0 spiro atoms. The van der Waals surface area contributed by atoms with Crippen LogP contribution in [0.25, 0.3) is 0 Å². The van der Waals surface area contributed by atoms with Gasteiger partial charge in [-0.2, -0.15) is 0 Å². The molecule has 0 atom stereocenters. The van der Waals surface area contributed by atoms with Gasteiger partial charge in [0.25, 0.3) is 0 Å². The smallest absolute Gasteiger partial charge is 0.312 e. The molecule has 1 rings (SSSR count). The summed E-state index contributed by atoms with van der Waals surface area (Å²) < 4.78 is 4.92. The topological polar surface area (TPSA) is 90.4 Å². The van der Waals surface area contributed by atoms with E-state index in [-0.39, 0.29) is 11.4 Å². The van der Waals surface area contributed by atoms with Crippen LogP contribution in [0.2, 0.25) is 0 Å². The van der Waals surface area contributed by atoms with E-state index in [1.165, 1.54) is 13.2 Å². The van der Waals surface area contributed by atoms with E-state index in [0.717, 1.165) is 25.1 Å². The van der Waals surface area contributed by atoms with Crippen molar-refractivity contribution >= 4 is 11.4 Å². The van der Waals surface area contributed by atoms with Gasteiger partial charge in [-0.15, -0.1) is 0 Å². The van der Waals surface area contributed by atoms with E-state index >= 15 is 0 Å². The first-order chi connectivity index (χ1) is 8.19. The average Bonchev–Trinajstić information content (AvgIpc) is 2.34. The second kappa shape index (κ2) is 6.70. The Morgan fingerprint density at radius 2 is 2.24 bits per heavy atom. The van der Waals surface area contributed by atoms with Crippen molar-refractivity contribution in [2.75, 3.05) is 25.5 Å². The number of nitro benzene ring substituents is 1. The first-order valence-corrected chi connectivity index (χ1v) is 5.45. The maximum Gasteiger partial charge on any atom is 0.312 e. The molecule has 17 heavy (non-hydrogen) atoms. The number of nitrogens with two attached hydrogens (primary N) is 1. The summed E-state index contributed by atoms with van der Waals surface area (Å²) in [5.74, 6) is 0.266. The van der Waals surface area contributed by atoms with Gasteiger partial charge >= 0.3 is 5.69 Å². The highest BCUT2D eigenvalue weighted by Crippen LogP contribution is 2.29. The fourth-order valence-electron chi connectivity index (χ4n) is 1.44. The minimum absolute atomic E-state index is 0.0312. The van der Waals surface area contributed by atoms with E-state index < -0.39 is 4.92 Å². The van der Waals surface area contributed by atoms with Crippen LogP contribution in [0, 0.1) is 10.1 Å². The molecule has 0 aliphatic rings. The van der Waals surface area contributed by atoms with Crippen molar-refractivity contribution in [1.29, 1.82) is 0 Å². The zero-order chi connectivity index (χ0) is 12.7. The van der Waals surface area contributed by atoms with Gasteiger partial charge < -0.3 is 15.8 Å². The van der Waals surface area contributed by atoms with E-state index in [9.17, 15) is 10.1 Å². The van der Waals surface area contributed by atoms with Gasteiger partial charge in [-0.3, -0.25) is 10.1 Å². The van der Waals surface area contributed by atoms with Crippen LogP contribution in [-0.2, 0) is 0 Å². The fourth-order valence-corrected chi connectivity index (χ4v) is 1.44. The Kier molecular flexibility index (Phi) is 5.22. The summed E-state index contributed by atoms with van der Waals surface area (Å²) in [6.07, 6.45) is 1.88. The first kappa shape index (κ1) is 13.2. The minimum atomic E-state index is -0.454. The second-order valence-corrected chi connectivity index (χ2v) is 3.57. The highest BCUT2D eigenvalue weighted by molar-refractivity contribution is 5.58. The molecule has 0 aliphatic heterocycles. The maximum atomic E-state index is 10.8. The molecule has 0 amide bonds. The number of nitrogens with zero attached hydrogens (tertiary/aromatic N) is 1. The molecule has 0 saturated heterocycles. The normalized spacial score (nSPS) is 10.0. The largest absolute Gasteiger partial charge is 0.490 e. The highest BCUT2D eigenvalue weighted by Gasteiger charge is 2.14. The minimum Gasteiger partial charge on any atom is -0.490 e. The Hall–Kier alpha value is -1.82. The van der Waals surface area contributed by atoms with Gasteiger partial charge in [-0.25, -0.2) is 0 Å². The molecule has 0 saturated carbocycles. The number of benzene rings is 1. The molecule has 1 aromatic rings. The number of rotatable bonds is 7. The molecule has 0 unspecified atom stereocenters. The molecule has 0 fully saturated rings. The van der Waals surface area contributed by atoms with Crippen molar-refractivity contribution in [2.24, 2.45) is 5.73 Å². The Morgan fingerprint density at radius 1 is 1.47 bits per heavy atom. The molecule has 0 radical (unpaired) electrons. The summed E-state index contributed by atoms with van der Waals surface area (Å²) in [7, 11) is 1.41. The Balaban J connectivity index is 2.68. The van der Waals surface area contributed by atoms with Gasteiger partial charge in [-0.05, 0) is 31.5 Å². The van der Waals surface area contributed by atoms with Gasteiger partial charge in [-0.1, -0.05) is 0 Å². The van der Waals surface area contributed by atoms with Crippen LogP contribution >= 0.6 is 0 Å². The predicted octanol–water partition coefficient (Wildman–Crippen LogP) is 1.75. The number of methoxy groups -OCH3 is 1. The predicted molar refractivity (Wildman–Crippen MR) is 66.4 cm³/mol. The van der Waals surface area contributed by atoms with Crippen molar-refractivity contribution in [2.45, 2.75) is 12.8 Å². The zero-order valence-electron chi connectivity index (χ0n) is 9.81. The SMILES string of the molecule is COc1ccc(NCCCCN)cc1[N+](=O)[O-]. The van der Waals surface area contributed by atoms with Gasteiger partial charge in [0.05, 0.1) is 12.0 Å². The second-order valence-electron chi connectivity index (χ2n) is 3.57. The van der Waals surface area contributed by atoms with E-state index in [1.807, 2.05) is 0 Å². The molecular weight excluding hydrogens is 222 g/mol. The Bertz CT molecular complexity index is 382. The van der Waals surface area contributed by atoms with Crippen molar-refractivity contribution in [1.82, 2.24) is 0 Å². The monoisotopic (exact) mass is 239 g/mol. The van der Waals surface area contributed by atoms with E-state index in [1.54, 1.807) is 12.1 Å². The summed E-state index contributed by atoms with van der Waals surface area (Å²) in [6.45, 7) is 1.41. The first-order valence-electron chi connectivity index (χ1n) is 5.45. The van der Waals surface area contributed by atoms with Crippen molar-refractivity contribution in [3.63, 3.8) is 0 Å². The molecular formula is C11H17N3O3. The Labute approximate surface area is 99.9 Å². The Morgan fingerprint density at radius 3 is 2.82 bits per heavy atom. The van der Waals surface area contributed by atoms with Crippen molar-refractivity contribution in [3.05, 3.63) is 28.3 Å². The van der Waals surface area contributed by atoms with Crippen LogP contribution in [0.3, 0.4) is 0 Å². The number of anilines is 1. The van der Waals surface area contributed by atoms with Gasteiger partial charge in [0.15, 0.2) is 5.75 Å². The van der Waals surface area contributed by atoms with Crippen LogP contribution in [0.4, 0.5) is 11.4 Å². The third-order valence-electron chi connectivity index (χ3n) is 2.34. The summed E-state index contributed by atoms with van der Waals surface area (Å²) in [4.78, 5) is 10.3. The molecule has 0 aliphatic carbocycles. The van der Waals surface area contributed by atoms with Crippen LogP contribution in [0.5, 0.6) is 5.75 Å². The standard InChI is InChI=1S/C11H17N3O3/c1-17-11-5-4-9(8-10(11)14(15)16)13-7-3-2-6-12/h4-5,8,13H,2-3,6-7,12H2,1H3. The van der Waals surface area contributed by atoms with E-state index in [4.69, 9.17) is 10.5 Å². The molecule has 0 bridgehead atoms. The molecule has 0 aromatic heterocycles. The summed E-state index contributed by atoms with van der Waals surface area (Å²) in [6, 6.07) is 4.82. The number of hydrogen-bond donors (Lipinski definition) is 2. The lowest BCUT2D eigenvalue weighted by molar-refractivity contribution is -0.385. The van der Waals surface area contributed by atoms with Crippen LogP contribution in [0.15, 0.2) is 18.2 Å². The summed E-state index contributed by atoms with van der Waals surface area (Å²) in [5.41, 5.74) is 6.06. The lowest BCUT2D eigenvalue weighted by Crippen LogP contribution is -2.06. The van der Waals surface area contributed by atoms with Gasteiger partial charge in [0, 0.05) is 18.3 Å². The lowest BCUT2D eigenvalue weighted by atomic mass is 10.2. The number of nitrogens with one attached hydrogen (secondary N) is 1. The molecule has 6 heteroatoms. The lowest BCUT2D eigenvalue weighted by Gasteiger charge is -2.07. The third kappa shape index (κ3) is 3.92. The summed E-state index contributed by atoms with van der Waals surface area (Å²) >= 11 is 0. The molecule has 1 aromatic carbocycles. The summed E-state index contributed by atoms with van der Waals surface area (Å²) in [5, 5.41) is 13.9. The van der Waals surface area contributed by atoms with Crippen LogP contribution in [-0.4, -0.2) is 25.1 Å². The van der Waals surface area contributed by atoms with Crippen molar-refractivity contribution in [3.8, 4) is 5.75 Å². The number of nitro groups is 1. The molecule has 3 N–H and O–H groups in total. The van der Waals surface area contributed by atoms with Gasteiger partial charge in [0.2, 0.25) is 0 Å². The zero-order valence-corrected chi connectivity index (χ0v) is 9.81. The quantitative estimate of drug-likeness (QED) is 0.430. The average molecular weight is 239 g/mol. The van der Waals surface area contributed by atoms with E-state index in [2.05, 4.69) is 5.32 Å².